The van der Waals surface area contributed by atoms with E-state index in [1.165, 1.54) is 18.4 Å². The maximum absolute atomic E-state index is 12.1. The summed E-state index contributed by atoms with van der Waals surface area (Å²) in [5, 5.41) is 3.60. The Hall–Kier alpha value is -1.87. The van der Waals surface area contributed by atoms with Crippen molar-refractivity contribution in [3.63, 3.8) is 0 Å². The molecule has 0 radical (unpaired) electrons. The van der Waals surface area contributed by atoms with Gasteiger partial charge in [0.05, 0.1) is 18.3 Å². The number of nitrogens with zero attached hydrogens (tertiary/aromatic N) is 1. The number of carbonyl (C=O) groups excluding carboxylic acids is 1. The second kappa shape index (κ2) is 5.63. The molecule has 1 aromatic carbocycles. The number of rotatable bonds is 4. The van der Waals surface area contributed by atoms with Crippen molar-refractivity contribution < 1.29 is 4.79 Å². The molecular weight excluding hydrogens is 272 g/mol. The van der Waals surface area contributed by atoms with Gasteiger partial charge in [-0.05, 0) is 48.1 Å². The van der Waals surface area contributed by atoms with Gasteiger partial charge in [0.25, 0.3) is 0 Å². The number of pyridine rings is 1. The summed E-state index contributed by atoms with van der Waals surface area (Å²) < 4.78 is 0. The number of aromatic nitrogens is 1. The molecule has 0 saturated heterocycles. The summed E-state index contributed by atoms with van der Waals surface area (Å²) in [6.07, 6.45) is 6.21. The Morgan fingerprint density at radius 1 is 1.35 bits per heavy atom. The van der Waals surface area contributed by atoms with E-state index in [1.54, 1.807) is 18.5 Å². The van der Waals surface area contributed by atoms with Gasteiger partial charge in [-0.25, -0.2) is 0 Å². The van der Waals surface area contributed by atoms with Gasteiger partial charge in [0.2, 0.25) is 5.91 Å². The highest BCUT2D eigenvalue weighted by atomic mass is 35.5. The molecule has 3 rings (SSSR count). The second-order valence-electron chi connectivity index (χ2n) is 5.09. The van der Waals surface area contributed by atoms with Crippen molar-refractivity contribution in [1.82, 2.24) is 4.98 Å². The molecule has 1 aliphatic rings. The van der Waals surface area contributed by atoms with E-state index in [0.29, 0.717) is 17.4 Å². The van der Waals surface area contributed by atoms with Crippen LogP contribution >= 0.6 is 11.6 Å². The van der Waals surface area contributed by atoms with Crippen LogP contribution in [0.3, 0.4) is 0 Å². The van der Waals surface area contributed by atoms with Crippen LogP contribution in [-0.2, 0) is 11.2 Å². The van der Waals surface area contributed by atoms with Crippen molar-refractivity contribution in [3.8, 4) is 0 Å². The number of benzene rings is 1. The van der Waals surface area contributed by atoms with Crippen LogP contribution in [0, 0.1) is 0 Å². The van der Waals surface area contributed by atoms with E-state index >= 15 is 0 Å². The van der Waals surface area contributed by atoms with E-state index < -0.39 is 0 Å². The number of halogens is 1. The minimum atomic E-state index is -0.0397. The van der Waals surface area contributed by atoms with Crippen molar-refractivity contribution in [1.29, 1.82) is 0 Å². The molecule has 102 valence electrons. The summed E-state index contributed by atoms with van der Waals surface area (Å²) in [5.41, 5.74) is 2.94. The third-order valence-electron chi connectivity index (χ3n) is 3.40. The summed E-state index contributed by atoms with van der Waals surface area (Å²) in [5.74, 6) is 0.543. The van der Waals surface area contributed by atoms with Crippen LogP contribution in [0.5, 0.6) is 0 Å². The standard InChI is InChI=1S/C16H15ClN2O/c17-13-3-1-2-11(8-13)9-16(20)19-15-10-18-7-6-14(15)12-4-5-12/h1-3,6-8,10,12H,4-5,9H2,(H,19,20). The molecule has 1 heterocycles. The third kappa shape index (κ3) is 3.17. The van der Waals surface area contributed by atoms with Crippen LogP contribution in [0.2, 0.25) is 5.02 Å². The maximum Gasteiger partial charge on any atom is 0.228 e. The lowest BCUT2D eigenvalue weighted by atomic mass is 10.1. The summed E-state index contributed by atoms with van der Waals surface area (Å²) in [6.45, 7) is 0. The average Bonchev–Trinajstić information content (AvgIpc) is 3.23. The SMILES string of the molecule is O=C(Cc1cccc(Cl)c1)Nc1cnccc1C1CC1. The first-order valence-corrected chi connectivity index (χ1v) is 7.08. The molecule has 1 saturated carbocycles. The highest BCUT2D eigenvalue weighted by Crippen LogP contribution is 2.42. The van der Waals surface area contributed by atoms with E-state index in [0.717, 1.165) is 11.3 Å². The molecule has 0 spiro atoms. The van der Waals surface area contributed by atoms with Gasteiger partial charge in [0.1, 0.15) is 0 Å². The highest BCUT2D eigenvalue weighted by Gasteiger charge is 2.26. The van der Waals surface area contributed by atoms with Gasteiger partial charge in [-0.15, -0.1) is 0 Å². The lowest BCUT2D eigenvalue weighted by Crippen LogP contribution is -2.15. The third-order valence-corrected chi connectivity index (χ3v) is 3.63. The zero-order chi connectivity index (χ0) is 13.9. The van der Waals surface area contributed by atoms with E-state index in [9.17, 15) is 4.79 Å². The molecule has 1 aromatic heterocycles. The fourth-order valence-corrected chi connectivity index (χ4v) is 2.50. The van der Waals surface area contributed by atoms with Gasteiger partial charge in [0.15, 0.2) is 0 Å². The minimum Gasteiger partial charge on any atom is -0.324 e. The van der Waals surface area contributed by atoms with Gasteiger partial charge >= 0.3 is 0 Å². The number of hydrogen-bond donors (Lipinski definition) is 1. The predicted molar refractivity (Wildman–Crippen MR) is 80.0 cm³/mol. The fourth-order valence-electron chi connectivity index (χ4n) is 2.29. The zero-order valence-electron chi connectivity index (χ0n) is 11.0. The van der Waals surface area contributed by atoms with Crippen molar-refractivity contribution in [2.75, 3.05) is 5.32 Å². The molecule has 2 aromatic rings. The first-order valence-electron chi connectivity index (χ1n) is 6.70. The first-order chi connectivity index (χ1) is 9.72. The van der Waals surface area contributed by atoms with Crippen LogP contribution in [-0.4, -0.2) is 10.9 Å². The first kappa shape index (κ1) is 13.1. The largest absolute Gasteiger partial charge is 0.324 e. The van der Waals surface area contributed by atoms with Crippen molar-refractivity contribution in [2.24, 2.45) is 0 Å². The molecule has 0 unspecified atom stereocenters. The van der Waals surface area contributed by atoms with E-state index in [2.05, 4.69) is 10.3 Å². The number of hydrogen-bond acceptors (Lipinski definition) is 2. The highest BCUT2D eigenvalue weighted by molar-refractivity contribution is 6.30. The molecule has 1 N–H and O–H groups in total. The van der Waals surface area contributed by atoms with Crippen LogP contribution in [0.25, 0.3) is 0 Å². The van der Waals surface area contributed by atoms with Crippen LogP contribution in [0.15, 0.2) is 42.7 Å². The van der Waals surface area contributed by atoms with E-state index in [-0.39, 0.29) is 5.91 Å². The molecule has 0 aliphatic heterocycles. The second-order valence-corrected chi connectivity index (χ2v) is 5.53. The topological polar surface area (TPSA) is 42.0 Å². The summed E-state index contributed by atoms with van der Waals surface area (Å²) in [6, 6.07) is 9.36. The van der Waals surface area contributed by atoms with Gasteiger partial charge in [0, 0.05) is 11.2 Å². The average molecular weight is 287 g/mol. The molecule has 1 fully saturated rings. The van der Waals surface area contributed by atoms with Gasteiger partial charge < -0.3 is 5.32 Å². The normalized spacial score (nSPS) is 14.1. The van der Waals surface area contributed by atoms with Crippen molar-refractivity contribution in [2.45, 2.75) is 25.2 Å². The number of amides is 1. The van der Waals surface area contributed by atoms with Gasteiger partial charge in [-0.1, -0.05) is 23.7 Å². The Balaban J connectivity index is 1.70. The molecule has 0 bridgehead atoms. The Kier molecular flexibility index (Phi) is 3.70. The van der Waals surface area contributed by atoms with Gasteiger partial charge in [-0.3, -0.25) is 9.78 Å². The van der Waals surface area contributed by atoms with Crippen molar-refractivity contribution >= 4 is 23.2 Å². The molecule has 3 nitrogen and oxygen atoms in total. The van der Waals surface area contributed by atoms with Crippen molar-refractivity contribution in [3.05, 3.63) is 58.9 Å². The summed E-state index contributed by atoms with van der Waals surface area (Å²) >= 11 is 5.92. The van der Waals surface area contributed by atoms with E-state index in [4.69, 9.17) is 11.6 Å². The molecular formula is C16H15ClN2O. The molecule has 0 atom stereocenters. The Morgan fingerprint density at radius 3 is 2.95 bits per heavy atom. The van der Waals surface area contributed by atoms with E-state index in [1.807, 2.05) is 24.3 Å². The lowest BCUT2D eigenvalue weighted by molar-refractivity contribution is -0.115. The molecule has 4 heteroatoms. The quantitative estimate of drug-likeness (QED) is 0.929. The number of anilines is 1. The summed E-state index contributed by atoms with van der Waals surface area (Å²) in [4.78, 5) is 16.2. The Labute approximate surface area is 123 Å². The monoisotopic (exact) mass is 286 g/mol. The number of nitrogens with one attached hydrogen (secondary N) is 1. The zero-order valence-corrected chi connectivity index (χ0v) is 11.7. The smallest absolute Gasteiger partial charge is 0.228 e. The Morgan fingerprint density at radius 2 is 2.20 bits per heavy atom. The van der Waals surface area contributed by atoms with Gasteiger partial charge in [-0.2, -0.15) is 0 Å². The molecule has 20 heavy (non-hydrogen) atoms. The minimum absolute atomic E-state index is 0.0397. The molecule has 1 amide bonds. The van der Waals surface area contributed by atoms with Crippen LogP contribution in [0.1, 0.15) is 29.9 Å². The van der Waals surface area contributed by atoms with Crippen LogP contribution < -0.4 is 5.32 Å². The predicted octanol–water partition coefficient (Wildman–Crippen LogP) is 3.79. The fraction of sp³-hybridized carbons (Fsp3) is 0.250. The molecule has 1 aliphatic carbocycles. The lowest BCUT2D eigenvalue weighted by Gasteiger charge is -2.10. The number of carbonyl (C=O) groups is 1. The maximum atomic E-state index is 12.1. The summed E-state index contributed by atoms with van der Waals surface area (Å²) in [7, 11) is 0. The van der Waals surface area contributed by atoms with Crippen LogP contribution in [0.4, 0.5) is 5.69 Å². The Bertz CT molecular complexity index is 638.